The minimum Gasteiger partial charge on any atom is -0.496 e. The van der Waals surface area contributed by atoms with Crippen molar-refractivity contribution in [2.24, 2.45) is 5.92 Å². The number of sulfonamides is 1. The van der Waals surface area contributed by atoms with Crippen LogP contribution in [0.4, 0.5) is 0 Å². The Morgan fingerprint density at radius 3 is 2.43 bits per heavy atom. The molecule has 0 aliphatic carbocycles. The normalized spacial score (nSPS) is 13.4. The van der Waals surface area contributed by atoms with Crippen molar-refractivity contribution in [1.29, 1.82) is 0 Å². The second kappa shape index (κ2) is 7.77. The highest BCUT2D eigenvalue weighted by molar-refractivity contribution is 7.89. The molecule has 1 rings (SSSR count). The third kappa shape index (κ3) is 5.30. The lowest BCUT2D eigenvalue weighted by molar-refractivity contribution is 0.408. The molecule has 0 radical (unpaired) electrons. The third-order valence-electron chi connectivity index (χ3n) is 3.11. The highest BCUT2D eigenvalue weighted by Gasteiger charge is 2.19. The number of ether oxygens (including phenoxy) is 1. The second-order valence-corrected chi connectivity index (χ2v) is 7.37. The summed E-state index contributed by atoms with van der Waals surface area (Å²) in [5, 5.41) is 3.01. The molecule has 0 spiro atoms. The van der Waals surface area contributed by atoms with Gasteiger partial charge in [0.15, 0.2) is 0 Å². The van der Waals surface area contributed by atoms with Crippen LogP contribution in [0.1, 0.15) is 32.8 Å². The molecule has 0 saturated carbocycles. The molecule has 1 unspecified atom stereocenters. The molecule has 0 aliphatic heterocycles. The Morgan fingerprint density at radius 2 is 1.90 bits per heavy atom. The van der Waals surface area contributed by atoms with Crippen LogP contribution in [-0.2, 0) is 16.6 Å². The van der Waals surface area contributed by atoms with Crippen LogP contribution in [0.5, 0.6) is 5.75 Å². The lowest BCUT2D eigenvalue weighted by Crippen LogP contribution is -2.33. The summed E-state index contributed by atoms with van der Waals surface area (Å²) in [6.07, 6.45) is 0.804. The minimum absolute atomic E-state index is 0.0927. The fourth-order valence-corrected chi connectivity index (χ4v) is 3.65. The maximum Gasteiger partial charge on any atom is 0.240 e. The van der Waals surface area contributed by atoms with Crippen molar-refractivity contribution < 1.29 is 13.2 Å². The maximum absolute atomic E-state index is 12.4. The van der Waals surface area contributed by atoms with Gasteiger partial charge in [0.05, 0.1) is 12.0 Å². The van der Waals surface area contributed by atoms with Gasteiger partial charge in [-0.05, 0) is 44.5 Å². The second-order valence-electron chi connectivity index (χ2n) is 5.66. The Balaban J connectivity index is 3.00. The number of benzene rings is 1. The van der Waals surface area contributed by atoms with E-state index in [0.29, 0.717) is 18.2 Å². The van der Waals surface area contributed by atoms with E-state index in [2.05, 4.69) is 23.9 Å². The number of hydrogen-bond acceptors (Lipinski definition) is 4. The summed E-state index contributed by atoms with van der Waals surface area (Å²) in [5.74, 6) is 1.12. The van der Waals surface area contributed by atoms with Crippen LogP contribution in [0, 0.1) is 5.92 Å². The minimum atomic E-state index is -3.50. The Labute approximate surface area is 128 Å². The zero-order valence-electron chi connectivity index (χ0n) is 13.4. The molecule has 1 aromatic rings. The van der Waals surface area contributed by atoms with Crippen molar-refractivity contribution in [3.63, 3.8) is 0 Å². The molecule has 120 valence electrons. The van der Waals surface area contributed by atoms with Crippen LogP contribution >= 0.6 is 0 Å². The third-order valence-corrected chi connectivity index (χ3v) is 4.70. The molecular formula is C15H26N2O3S. The van der Waals surface area contributed by atoms with E-state index in [9.17, 15) is 8.42 Å². The fraction of sp³-hybridized carbons (Fsp3) is 0.600. The summed E-state index contributed by atoms with van der Waals surface area (Å²) < 4.78 is 32.8. The molecule has 6 heteroatoms. The summed E-state index contributed by atoms with van der Waals surface area (Å²) >= 11 is 0. The van der Waals surface area contributed by atoms with E-state index in [4.69, 9.17) is 4.74 Å². The highest BCUT2D eigenvalue weighted by Crippen LogP contribution is 2.22. The van der Waals surface area contributed by atoms with Gasteiger partial charge in [0, 0.05) is 18.2 Å². The first-order valence-electron chi connectivity index (χ1n) is 7.14. The molecule has 0 aliphatic rings. The van der Waals surface area contributed by atoms with Gasteiger partial charge < -0.3 is 10.1 Å². The molecule has 1 atom stereocenters. The van der Waals surface area contributed by atoms with E-state index in [-0.39, 0.29) is 10.9 Å². The lowest BCUT2D eigenvalue weighted by atomic mass is 10.1. The van der Waals surface area contributed by atoms with Crippen molar-refractivity contribution >= 4 is 10.0 Å². The monoisotopic (exact) mass is 314 g/mol. The average molecular weight is 314 g/mol. The Bertz CT molecular complexity index is 556. The van der Waals surface area contributed by atoms with Crippen LogP contribution in [0.25, 0.3) is 0 Å². The number of hydrogen-bond donors (Lipinski definition) is 2. The van der Waals surface area contributed by atoms with Crippen LogP contribution in [0.2, 0.25) is 0 Å². The molecule has 2 N–H and O–H groups in total. The molecule has 0 bridgehead atoms. The van der Waals surface area contributed by atoms with Gasteiger partial charge in [-0.15, -0.1) is 0 Å². The number of nitrogens with one attached hydrogen (secondary N) is 2. The zero-order valence-corrected chi connectivity index (χ0v) is 14.3. The van der Waals surface area contributed by atoms with Crippen molar-refractivity contribution in [2.45, 2.75) is 44.7 Å². The highest BCUT2D eigenvalue weighted by atomic mass is 32.2. The lowest BCUT2D eigenvalue weighted by Gasteiger charge is -2.17. The van der Waals surface area contributed by atoms with Gasteiger partial charge in [-0.1, -0.05) is 13.8 Å². The quantitative estimate of drug-likeness (QED) is 0.771. The predicted molar refractivity (Wildman–Crippen MR) is 85.0 cm³/mol. The zero-order chi connectivity index (χ0) is 16.0. The Hall–Kier alpha value is -1.11. The number of rotatable bonds is 8. The van der Waals surface area contributed by atoms with Gasteiger partial charge in [-0.3, -0.25) is 0 Å². The molecular weight excluding hydrogens is 288 g/mol. The first-order valence-corrected chi connectivity index (χ1v) is 8.62. The van der Waals surface area contributed by atoms with Crippen LogP contribution in [0.15, 0.2) is 23.1 Å². The van der Waals surface area contributed by atoms with Crippen LogP contribution in [-0.4, -0.2) is 28.6 Å². The topological polar surface area (TPSA) is 67.4 Å². The Morgan fingerprint density at radius 1 is 1.24 bits per heavy atom. The van der Waals surface area contributed by atoms with Crippen molar-refractivity contribution in [3.8, 4) is 5.75 Å². The molecule has 1 aromatic carbocycles. The van der Waals surface area contributed by atoms with E-state index >= 15 is 0 Å². The summed E-state index contributed by atoms with van der Waals surface area (Å²) in [4.78, 5) is 0.268. The molecule has 0 aromatic heterocycles. The van der Waals surface area contributed by atoms with Crippen LogP contribution < -0.4 is 14.8 Å². The first-order chi connectivity index (χ1) is 9.80. The molecule has 0 amide bonds. The number of methoxy groups -OCH3 is 1. The van der Waals surface area contributed by atoms with E-state index in [1.54, 1.807) is 25.3 Å². The summed E-state index contributed by atoms with van der Waals surface area (Å²) in [7, 11) is -0.120. The average Bonchev–Trinajstić information content (AvgIpc) is 2.37. The molecule has 5 nitrogen and oxygen atoms in total. The molecule has 0 saturated heterocycles. The fourth-order valence-electron chi connectivity index (χ4n) is 2.34. The molecule has 21 heavy (non-hydrogen) atoms. The van der Waals surface area contributed by atoms with Gasteiger partial charge in [-0.2, -0.15) is 0 Å². The summed E-state index contributed by atoms with van der Waals surface area (Å²) in [6.45, 7) is 6.58. The summed E-state index contributed by atoms with van der Waals surface area (Å²) in [6, 6.07) is 4.82. The van der Waals surface area contributed by atoms with Gasteiger partial charge in [0.1, 0.15) is 5.75 Å². The van der Waals surface area contributed by atoms with E-state index in [1.807, 2.05) is 14.0 Å². The largest absolute Gasteiger partial charge is 0.496 e. The van der Waals surface area contributed by atoms with E-state index in [0.717, 1.165) is 12.0 Å². The predicted octanol–water partition coefficient (Wildman–Crippen LogP) is 2.13. The van der Waals surface area contributed by atoms with Gasteiger partial charge in [0.2, 0.25) is 10.0 Å². The van der Waals surface area contributed by atoms with Gasteiger partial charge >= 0.3 is 0 Å². The standard InChI is InChI=1S/C15H26N2O3S/c1-11(2)8-12(3)17-21(18,19)14-6-7-15(20-5)13(9-14)10-16-4/h6-7,9,11-12,16-17H,8,10H2,1-5H3. The Kier molecular flexibility index (Phi) is 6.64. The first kappa shape index (κ1) is 17.9. The van der Waals surface area contributed by atoms with Gasteiger partial charge in [0.25, 0.3) is 0 Å². The van der Waals surface area contributed by atoms with Crippen molar-refractivity contribution in [3.05, 3.63) is 23.8 Å². The van der Waals surface area contributed by atoms with Gasteiger partial charge in [-0.25, -0.2) is 13.1 Å². The van der Waals surface area contributed by atoms with E-state index in [1.165, 1.54) is 0 Å². The molecule has 0 fully saturated rings. The molecule has 0 heterocycles. The van der Waals surface area contributed by atoms with Crippen molar-refractivity contribution in [2.75, 3.05) is 14.2 Å². The smallest absolute Gasteiger partial charge is 0.240 e. The van der Waals surface area contributed by atoms with E-state index < -0.39 is 10.0 Å². The van der Waals surface area contributed by atoms with Crippen molar-refractivity contribution in [1.82, 2.24) is 10.0 Å². The maximum atomic E-state index is 12.4. The van der Waals surface area contributed by atoms with Crippen LogP contribution in [0.3, 0.4) is 0 Å². The SMILES string of the molecule is CNCc1cc(S(=O)(=O)NC(C)CC(C)C)ccc1OC. The summed E-state index contributed by atoms with van der Waals surface area (Å²) in [5.41, 5.74) is 0.819.